The van der Waals surface area contributed by atoms with E-state index in [1.165, 1.54) is 24.3 Å². The molecule has 1 heterocycles. The molecule has 120 valence electrons. The Labute approximate surface area is 141 Å². The first-order valence-corrected chi connectivity index (χ1v) is 7.67. The van der Waals surface area contributed by atoms with Crippen LogP contribution in [0, 0.1) is 5.82 Å². The van der Waals surface area contributed by atoms with Crippen molar-refractivity contribution >= 4 is 27.7 Å². The number of primary amides is 1. The molecule has 3 N–H and O–H groups in total. The van der Waals surface area contributed by atoms with Crippen LogP contribution in [0.15, 0.2) is 47.2 Å². The van der Waals surface area contributed by atoms with E-state index in [1.54, 1.807) is 18.3 Å². The molecule has 0 fully saturated rings. The number of nitrogens with two attached hydrogens (primary N) is 1. The third kappa shape index (κ3) is 5.14. The van der Waals surface area contributed by atoms with Gasteiger partial charge in [-0.15, -0.1) is 0 Å². The molecular weight excluding hydrogens is 365 g/mol. The van der Waals surface area contributed by atoms with Crippen LogP contribution in [0.5, 0.6) is 0 Å². The number of carbonyl (C=O) groups is 2. The summed E-state index contributed by atoms with van der Waals surface area (Å²) < 4.78 is 13.4. The molecule has 0 saturated heterocycles. The molecule has 1 aromatic heterocycles. The van der Waals surface area contributed by atoms with E-state index in [0.29, 0.717) is 10.2 Å². The van der Waals surface area contributed by atoms with E-state index in [4.69, 9.17) is 5.73 Å². The number of aromatic nitrogens is 1. The number of pyridine rings is 1. The predicted octanol–water partition coefficient (Wildman–Crippen LogP) is 1.74. The summed E-state index contributed by atoms with van der Waals surface area (Å²) in [7, 11) is 0. The molecular formula is C16H15BrFN3O2. The highest BCUT2D eigenvalue weighted by Gasteiger charge is 2.20. The molecule has 1 aromatic carbocycles. The van der Waals surface area contributed by atoms with Crippen molar-refractivity contribution in [2.24, 2.45) is 5.73 Å². The van der Waals surface area contributed by atoms with Gasteiger partial charge in [-0.3, -0.25) is 9.59 Å². The molecule has 0 saturated carbocycles. The van der Waals surface area contributed by atoms with Crippen molar-refractivity contribution < 1.29 is 14.0 Å². The Bertz CT molecular complexity index is 707. The van der Waals surface area contributed by atoms with Gasteiger partial charge in [-0.1, -0.05) is 18.2 Å². The second kappa shape index (κ2) is 7.82. The Morgan fingerprint density at radius 1 is 1.26 bits per heavy atom. The lowest BCUT2D eigenvalue weighted by atomic mass is 10.1. The van der Waals surface area contributed by atoms with Crippen LogP contribution in [0.4, 0.5) is 4.39 Å². The van der Waals surface area contributed by atoms with Gasteiger partial charge >= 0.3 is 0 Å². The number of benzene rings is 1. The second-order valence-corrected chi connectivity index (χ2v) is 5.73. The number of nitrogens with one attached hydrogen (secondary N) is 1. The van der Waals surface area contributed by atoms with E-state index >= 15 is 0 Å². The van der Waals surface area contributed by atoms with Crippen LogP contribution in [0.2, 0.25) is 0 Å². The minimum absolute atomic E-state index is 0.0399. The van der Waals surface area contributed by atoms with Gasteiger partial charge < -0.3 is 11.1 Å². The summed E-state index contributed by atoms with van der Waals surface area (Å²) in [5.74, 6) is -1.36. The summed E-state index contributed by atoms with van der Waals surface area (Å²) in [5, 5.41) is 2.60. The van der Waals surface area contributed by atoms with Gasteiger partial charge in [0.1, 0.15) is 16.5 Å². The molecule has 0 aliphatic rings. The zero-order valence-corrected chi connectivity index (χ0v) is 13.7. The lowest BCUT2D eigenvalue weighted by molar-refractivity contribution is -0.127. The van der Waals surface area contributed by atoms with Crippen molar-refractivity contribution in [1.82, 2.24) is 10.3 Å². The topological polar surface area (TPSA) is 85.1 Å². The lowest BCUT2D eigenvalue weighted by Gasteiger charge is -2.16. The van der Waals surface area contributed by atoms with Gasteiger partial charge in [0, 0.05) is 12.6 Å². The summed E-state index contributed by atoms with van der Waals surface area (Å²) >= 11 is 3.29. The fourth-order valence-corrected chi connectivity index (χ4v) is 2.46. The predicted molar refractivity (Wildman–Crippen MR) is 86.9 cm³/mol. The van der Waals surface area contributed by atoms with Gasteiger partial charge in [-0.2, -0.15) is 0 Å². The third-order valence-electron chi connectivity index (χ3n) is 3.22. The molecule has 0 aliphatic carbocycles. The molecule has 0 unspecified atom stereocenters. The zero-order chi connectivity index (χ0) is 16.8. The SMILES string of the molecule is NC(=O)[C@@H](Cc1cccnc1Br)NC(=O)Cc1ccc(F)cc1. The summed E-state index contributed by atoms with van der Waals surface area (Å²) in [6, 6.07) is 8.28. The van der Waals surface area contributed by atoms with Crippen molar-refractivity contribution in [3.05, 3.63) is 64.1 Å². The fraction of sp³-hybridized carbons (Fsp3) is 0.188. The van der Waals surface area contributed by atoms with Crippen LogP contribution in [0.1, 0.15) is 11.1 Å². The van der Waals surface area contributed by atoms with Crippen LogP contribution in [-0.4, -0.2) is 22.8 Å². The van der Waals surface area contributed by atoms with Crippen LogP contribution < -0.4 is 11.1 Å². The highest BCUT2D eigenvalue weighted by atomic mass is 79.9. The molecule has 0 aliphatic heterocycles. The van der Waals surface area contributed by atoms with Crippen LogP contribution in [0.3, 0.4) is 0 Å². The Morgan fingerprint density at radius 3 is 2.57 bits per heavy atom. The van der Waals surface area contributed by atoms with Gasteiger partial charge in [-0.05, 0) is 45.3 Å². The van der Waals surface area contributed by atoms with E-state index in [-0.39, 0.29) is 24.6 Å². The first-order valence-electron chi connectivity index (χ1n) is 6.88. The standard InChI is InChI=1S/C16H15BrFN3O2/c17-15-11(2-1-7-20-15)9-13(16(19)23)21-14(22)8-10-3-5-12(18)6-4-10/h1-7,13H,8-9H2,(H2,19,23)(H,21,22)/t13-/m1/s1. The quantitative estimate of drug-likeness (QED) is 0.749. The zero-order valence-electron chi connectivity index (χ0n) is 12.1. The Kier molecular flexibility index (Phi) is 5.81. The van der Waals surface area contributed by atoms with Crippen LogP contribution in [-0.2, 0) is 22.4 Å². The number of amides is 2. The molecule has 2 rings (SSSR count). The molecule has 0 spiro atoms. The van der Waals surface area contributed by atoms with Gasteiger partial charge in [0.05, 0.1) is 6.42 Å². The van der Waals surface area contributed by atoms with Gasteiger partial charge in [0.2, 0.25) is 11.8 Å². The molecule has 0 radical (unpaired) electrons. The van der Waals surface area contributed by atoms with E-state index < -0.39 is 11.9 Å². The summed E-state index contributed by atoms with van der Waals surface area (Å²) in [6.07, 6.45) is 1.89. The van der Waals surface area contributed by atoms with E-state index in [2.05, 4.69) is 26.2 Å². The van der Waals surface area contributed by atoms with Crippen molar-refractivity contribution in [3.8, 4) is 0 Å². The summed E-state index contributed by atoms with van der Waals surface area (Å²) in [6.45, 7) is 0. The van der Waals surface area contributed by atoms with Gasteiger partial charge in [0.25, 0.3) is 0 Å². The maximum atomic E-state index is 12.8. The molecule has 0 bridgehead atoms. The number of hydrogen-bond donors (Lipinski definition) is 2. The highest BCUT2D eigenvalue weighted by molar-refractivity contribution is 9.10. The smallest absolute Gasteiger partial charge is 0.240 e. The van der Waals surface area contributed by atoms with Crippen LogP contribution >= 0.6 is 15.9 Å². The number of hydrogen-bond acceptors (Lipinski definition) is 3. The van der Waals surface area contributed by atoms with Crippen molar-refractivity contribution in [1.29, 1.82) is 0 Å². The highest BCUT2D eigenvalue weighted by Crippen LogP contribution is 2.14. The van der Waals surface area contributed by atoms with E-state index in [1.807, 2.05) is 0 Å². The first kappa shape index (κ1) is 17.1. The number of halogens is 2. The minimum atomic E-state index is -0.844. The average Bonchev–Trinajstić information content (AvgIpc) is 2.51. The second-order valence-electron chi connectivity index (χ2n) is 4.98. The summed E-state index contributed by atoms with van der Waals surface area (Å²) in [4.78, 5) is 27.7. The Morgan fingerprint density at radius 2 is 1.96 bits per heavy atom. The molecule has 2 aromatic rings. The van der Waals surface area contributed by atoms with Crippen molar-refractivity contribution in [3.63, 3.8) is 0 Å². The van der Waals surface area contributed by atoms with Crippen molar-refractivity contribution in [2.45, 2.75) is 18.9 Å². The van der Waals surface area contributed by atoms with Gasteiger partial charge in [-0.25, -0.2) is 9.37 Å². The van der Waals surface area contributed by atoms with E-state index in [0.717, 1.165) is 5.56 Å². The van der Waals surface area contributed by atoms with E-state index in [9.17, 15) is 14.0 Å². The Hall–Kier alpha value is -2.28. The number of rotatable bonds is 6. The average molecular weight is 380 g/mol. The molecule has 5 nitrogen and oxygen atoms in total. The van der Waals surface area contributed by atoms with Gasteiger partial charge in [0.15, 0.2) is 0 Å². The molecule has 23 heavy (non-hydrogen) atoms. The molecule has 1 atom stereocenters. The van der Waals surface area contributed by atoms with Crippen LogP contribution in [0.25, 0.3) is 0 Å². The first-order chi connectivity index (χ1) is 11.0. The number of carbonyl (C=O) groups excluding carboxylic acids is 2. The molecule has 2 amide bonds. The lowest BCUT2D eigenvalue weighted by Crippen LogP contribution is -2.46. The Balaban J connectivity index is 2.01. The maximum Gasteiger partial charge on any atom is 0.240 e. The third-order valence-corrected chi connectivity index (χ3v) is 3.93. The molecule has 7 heteroatoms. The summed E-state index contributed by atoms with van der Waals surface area (Å²) in [5.41, 5.74) is 6.77. The normalized spacial score (nSPS) is 11.7. The maximum absolute atomic E-state index is 12.8. The fourth-order valence-electron chi connectivity index (χ4n) is 2.05. The largest absolute Gasteiger partial charge is 0.368 e. The minimum Gasteiger partial charge on any atom is -0.368 e. The van der Waals surface area contributed by atoms with Crippen molar-refractivity contribution in [2.75, 3.05) is 0 Å². The monoisotopic (exact) mass is 379 g/mol. The number of nitrogens with zero attached hydrogens (tertiary/aromatic N) is 1.